The van der Waals surface area contributed by atoms with E-state index in [1.807, 2.05) is 6.08 Å². The maximum absolute atomic E-state index is 13.0. The lowest BCUT2D eigenvalue weighted by Gasteiger charge is -2.13. The number of benzene rings is 1. The third kappa shape index (κ3) is 3.55. The van der Waals surface area contributed by atoms with Gasteiger partial charge in [-0.1, -0.05) is 23.8 Å². The van der Waals surface area contributed by atoms with Crippen LogP contribution in [0.4, 0.5) is 10.1 Å². The van der Waals surface area contributed by atoms with E-state index in [-0.39, 0.29) is 5.02 Å². The Labute approximate surface area is 116 Å². The number of halogens is 2. The van der Waals surface area contributed by atoms with Crippen molar-refractivity contribution in [3.05, 3.63) is 53.0 Å². The van der Waals surface area contributed by atoms with Crippen LogP contribution in [0, 0.1) is 5.82 Å². The molecule has 0 aliphatic heterocycles. The molecule has 1 aliphatic rings. The summed E-state index contributed by atoms with van der Waals surface area (Å²) in [5.74, 6) is -0.445. The fraction of sp³-hybridized carbons (Fsp3) is 0.154. The zero-order valence-electron chi connectivity index (χ0n) is 9.54. The van der Waals surface area contributed by atoms with Gasteiger partial charge in [-0.15, -0.1) is 0 Å². The van der Waals surface area contributed by atoms with Crippen molar-refractivity contribution in [1.82, 2.24) is 5.32 Å². The minimum atomic E-state index is -0.445. The van der Waals surface area contributed by atoms with Gasteiger partial charge in [0.1, 0.15) is 5.82 Å². The molecule has 0 spiro atoms. The third-order valence-electron chi connectivity index (χ3n) is 2.43. The Morgan fingerprint density at radius 2 is 2.11 bits per heavy atom. The van der Waals surface area contributed by atoms with Crippen LogP contribution in [0.5, 0.6) is 0 Å². The SMILES string of the molecule is Fc1ccc(NC(=S)NC2=CCCC=C2)cc1Cl. The van der Waals surface area contributed by atoms with Crippen molar-refractivity contribution in [1.29, 1.82) is 0 Å². The van der Waals surface area contributed by atoms with Crippen molar-refractivity contribution in [3.63, 3.8) is 0 Å². The highest BCUT2D eigenvalue weighted by molar-refractivity contribution is 7.80. The van der Waals surface area contributed by atoms with Crippen LogP contribution in [0.15, 0.2) is 42.1 Å². The number of thiocarbonyl (C=S) groups is 1. The maximum atomic E-state index is 13.0. The highest BCUT2D eigenvalue weighted by Crippen LogP contribution is 2.19. The van der Waals surface area contributed by atoms with Gasteiger partial charge in [0.2, 0.25) is 0 Å². The van der Waals surface area contributed by atoms with E-state index in [9.17, 15) is 4.39 Å². The quantitative estimate of drug-likeness (QED) is 0.802. The Morgan fingerprint density at radius 3 is 2.78 bits per heavy atom. The maximum Gasteiger partial charge on any atom is 0.175 e. The second-order valence-corrected chi connectivity index (χ2v) is 4.66. The first-order chi connectivity index (χ1) is 8.65. The highest BCUT2D eigenvalue weighted by atomic mass is 35.5. The van der Waals surface area contributed by atoms with Crippen molar-refractivity contribution in [2.45, 2.75) is 12.8 Å². The number of allylic oxidation sites excluding steroid dienone is 3. The summed E-state index contributed by atoms with van der Waals surface area (Å²) in [4.78, 5) is 0. The van der Waals surface area contributed by atoms with Crippen molar-refractivity contribution < 1.29 is 4.39 Å². The minimum Gasteiger partial charge on any atom is -0.333 e. The number of nitrogens with one attached hydrogen (secondary N) is 2. The van der Waals surface area contributed by atoms with E-state index in [0.717, 1.165) is 18.5 Å². The number of hydrogen-bond donors (Lipinski definition) is 2. The summed E-state index contributed by atoms with van der Waals surface area (Å²) in [5.41, 5.74) is 1.62. The standard InChI is InChI=1S/C13H12ClFN2S/c14-11-8-10(6-7-12(11)15)17-13(18)16-9-4-2-1-3-5-9/h2,4-8H,1,3H2,(H2,16,17,18). The van der Waals surface area contributed by atoms with Crippen LogP contribution in [0.25, 0.3) is 0 Å². The second-order valence-electron chi connectivity index (χ2n) is 3.85. The molecule has 2 N–H and O–H groups in total. The molecule has 0 heterocycles. The molecule has 0 aromatic heterocycles. The molecule has 5 heteroatoms. The van der Waals surface area contributed by atoms with E-state index in [1.165, 1.54) is 12.1 Å². The molecule has 0 atom stereocenters. The normalized spacial score (nSPS) is 14.0. The first kappa shape index (κ1) is 13.1. The first-order valence-electron chi connectivity index (χ1n) is 5.55. The van der Waals surface area contributed by atoms with Crippen molar-refractivity contribution >= 4 is 34.6 Å². The summed E-state index contributed by atoms with van der Waals surface area (Å²) in [6, 6.07) is 4.38. The third-order valence-corrected chi connectivity index (χ3v) is 2.92. The van der Waals surface area contributed by atoms with Crippen LogP contribution in [-0.2, 0) is 0 Å². The molecule has 0 fully saturated rings. The second kappa shape index (κ2) is 5.98. The van der Waals surface area contributed by atoms with Gasteiger partial charge in [0.05, 0.1) is 5.02 Å². The fourth-order valence-corrected chi connectivity index (χ4v) is 1.99. The molecule has 1 aliphatic carbocycles. The van der Waals surface area contributed by atoms with Gasteiger partial charge in [0.15, 0.2) is 5.11 Å². The Hall–Kier alpha value is -1.39. The van der Waals surface area contributed by atoms with Gasteiger partial charge < -0.3 is 10.6 Å². The monoisotopic (exact) mass is 282 g/mol. The predicted molar refractivity (Wildman–Crippen MR) is 77.2 cm³/mol. The Morgan fingerprint density at radius 1 is 1.28 bits per heavy atom. The predicted octanol–water partition coefficient (Wildman–Crippen LogP) is 4.00. The molecule has 2 rings (SSSR count). The lowest BCUT2D eigenvalue weighted by atomic mass is 10.1. The van der Waals surface area contributed by atoms with Gasteiger partial charge in [-0.25, -0.2) is 4.39 Å². The van der Waals surface area contributed by atoms with Crippen molar-refractivity contribution in [3.8, 4) is 0 Å². The number of rotatable bonds is 2. The number of hydrogen-bond acceptors (Lipinski definition) is 1. The topological polar surface area (TPSA) is 24.1 Å². The molecular weight excluding hydrogens is 271 g/mol. The Kier molecular flexibility index (Phi) is 4.33. The van der Waals surface area contributed by atoms with Gasteiger partial charge in [0.25, 0.3) is 0 Å². The Bertz CT molecular complexity index is 526. The summed E-state index contributed by atoms with van der Waals surface area (Å²) >= 11 is 10.8. The van der Waals surface area contributed by atoms with E-state index in [4.69, 9.17) is 23.8 Å². The summed E-state index contributed by atoms with van der Waals surface area (Å²) in [6.45, 7) is 0. The molecule has 1 aromatic rings. The highest BCUT2D eigenvalue weighted by Gasteiger charge is 2.04. The van der Waals surface area contributed by atoms with Crippen LogP contribution in [0.1, 0.15) is 12.8 Å². The van der Waals surface area contributed by atoms with E-state index in [2.05, 4.69) is 22.8 Å². The molecule has 94 valence electrons. The fourth-order valence-electron chi connectivity index (χ4n) is 1.57. The first-order valence-corrected chi connectivity index (χ1v) is 6.33. The summed E-state index contributed by atoms with van der Waals surface area (Å²) in [6.07, 6.45) is 8.20. The molecular formula is C13H12ClFN2S. The van der Waals surface area contributed by atoms with Crippen molar-refractivity contribution in [2.75, 3.05) is 5.32 Å². The summed E-state index contributed by atoms with van der Waals surface area (Å²) in [5, 5.41) is 6.53. The molecule has 0 saturated carbocycles. The largest absolute Gasteiger partial charge is 0.333 e. The Balaban J connectivity index is 1.96. The lowest BCUT2D eigenvalue weighted by Crippen LogP contribution is -2.27. The van der Waals surface area contributed by atoms with Gasteiger partial charge >= 0.3 is 0 Å². The van der Waals surface area contributed by atoms with Crippen LogP contribution < -0.4 is 10.6 Å². The van der Waals surface area contributed by atoms with E-state index in [0.29, 0.717) is 10.8 Å². The van der Waals surface area contributed by atoms with E-state index in [1.54, 1.807) is 6.07 Å². The van der Waals surface area contributed by atoms with E-state index >= 15 is 0 Å². The minimum absolute atomic E-state index is 0.0691. The van der Waals surface area contributed by atoms with Crippen LogP contribution in [0.2, 0.25) is 5.02 Å². The van der Waals surface area contributed by atoms with Gasteiger partial charge in [-0.3, -0.25) is 0 Å². The molecule has 2 nitrogen and oxygen atoms in total. The van der Waals surface area contributed by atoms with Crippen LogP contribution in [-0.4, -0.2) is 5.11 Å². The average molecular weight is 283 g/mol. The summed E-state index contributed by atoms with van der Waals surface area (Å²) in [7, 11) is 0. The van der Waals surface area contributed by atoms with Crippen LogP contribution in [0.3, 0.4) is 0 Å². The van der Waals surface area contributed by atoms with Gasteiger partial charge in [-0.2, -0.15) is 0 Å². The zero-order chi connectivity index (χ0) is 13.0. The zero-order valence-corrected chi connectivity index (χ0v) is 11.1. The molecule has 1 aromatic carbocycles. The van der Waals surface area contributed by atoms with Crippen LogP contribution >= 0.6 is 23.8 Å². The molecule has 0 radical (unpaired) electrons. The molecule has 18 heavy (non-hydrogen) atoms. The number of anilines is 1. The molecule has 0 unspecified atom stereocenters. The average Bonchev–Trinajstić information content (AvgIpc) is 2.35. The van der Waals surface area contributed by atoms with E-state index < -0.39 is 5.82 Å². The van der Waals surface area contributed by atoms with Crippen molar-refractivity contribution in [2.24, 2.45) is 0 Å². The lowest BCUT2D eigenvalue weighted by molar-refractivity contribution is 0.628. The van der Waals surface area contributed by atoms with Gasteiger partial charge in [0, 0.05) is 11.4 Å². The molecule has 0 bridgehead atoms. The molecule has 0 saturated heterocycles. The van der Waals surface area contributed by atoms with Gasteiger partial charge in [-0.05, 0) is 49.3 Å². The molecule has 0 amide bonds. The summed E-state index contributed by atoms with van der Waals surface area (Å²) < 4.78 is 13.0. The smallest absolute Gasteiger partial charge is 0.175 e.